The average molecular weight is 352 g/mol. The van der Waals surface area contributed by atoms with E-state index in [1.165, 1.54) is 16.9 Å². The summed E-state index contributed by atoms with van der Waals surface area (Å²) < 4.78 is 5.70. The van der Waals surface area contributed by atoms with Gasteiger partial charge in [-0.2, -0.15) is 0 Å². The molecule has 1 amide bonds. The van der Waals surface area contributed by atoms with E-state index in [0.29, 0.717) is 11.5 Å². The Kier molecular flexibility index (Phi) is 5.46. The van der Waals surface area contributed by atoms with E-state index in [4.69, 9.17) is 4.74 Å². The zero-order valence-electron chi connectivity index (χ0n) is 14.3. The van der Waals surface area contributed by atoms with Crippen LogP contribution in [0.3, 0.4) is 0 Å². The predicted octanol–water partition coefficient (Wildman–Crippen LogP) is 4.85. The standard InChI is InChI=1S/C20H20N2O2S/c1-3-15-9-11-16(12-10-15)22-20(23)19-14(2)21-18(25-19)13-24-17-7-5-4-6-8-17/h4-12H,3,13H2,1-2H3,(H,22,23). The van der Waals surface area contributed by atoms with Crippen molar-refractivity contribution in [1.29, 1.82) is 0 Å². The lowest BCUT2D eigenvalue weighted by atomic mass is 10.1. The lowest BCUT2D eigenvalue weighted by Gasteiger charge is -2.05. The Labute approximate surface area is 151 Å². The molecule has 128 valence electrons. The lowest BCUT2D eigenvalue weighted by molar-refractivity contribution is 0.103. The first-order chi connectivity index (χ1) is 12.2. The van der Waals surface area contributed by atoms with Crippen molar-refractivity contribution >= 4 is 22.9 Å². The number of anilines is 1. The van der Waals surface area contributed by atoms with E-state index in [9.17, 15) is 4.79 Å². The maximum Gasteiger partial charge on any atom is 0.267 e. The van der Waals surface area contributed by atoms with Crippen LogP contribution in [0.4, 0.5) is 5.69 Å². The third-order valence-corrected chi connectivity index (χ3v) is 4.90. The molecule has 0 bridgehead atoms. The number of carbonyl (C=O) groups excluding carboxylic acids is 1. The third kappa shape index (κ3) is 4.45. The number of benzene rings is 2. The van der Waals surface area contributed by atoms with Crippen molar-refractivity contribution in [3.63, 3.8) is 0 Å². The van der Waals surface area contributed by atoms with Crippen LogP contribution in [0.1, 0.15) is 32.9 Å². The first-order valence-corrected chi connectivity index (χ1v) is 9.02. The van der Waals surface area contributed by atoms with Gasteiger partial charge in [0.15, 0.2) is 0 Å². The van der Waals surface area contributed by atoms with Gasteiger partial charge in [0, 0.05) is 5.69 Å². The number of ether oxygens (including phenoxy) is 1. The van der Waals surface area contributed by atoms with Crippen LogP contribution in [0.2, 0.25) is 0 Å². The summed E-state index contributed by atoms with van der Waals surface area (Å²) >= 11 is 1.37. The number of thiazole rings is 1. The average Bonchev–Trinajstić information content (AvgIpc) is 3.02. The van der Waals surface area contributed by atoms with Crippen LogP contribution in [-0.2, 0) is 13.0 Å². The predicted molar refractivity (Wildman–Crippen MR) is 101 cm³/mol. The number of amides is 1. The second kappa shape index (κ2) is 7.94. The Morgan fingerprint density at radius 2 is 1.84 bits per heavy atom. The Morgan fingerprint density at radius 3 is 2.52 bits per heavy atom. The molecular formula is C20H20N2O2S. The molecule has 0 aliphatic heterocycles. The van der Waals surface area contributed by atoms with Gasteiger partial charge in [-0.05, 0) is 43.2 Å². The minimum absolute atomic E-state index is 0.134. The van der Waals surface area contributed by atoms with Crippen molar-refractivity contribution in [2.24, 2.45) is 0 Å². The molecule has 3 aromatic rings. The fraction of sp³-hybridized carbons (Fsp3) is 0.200. The number of aryl methyl sites for hydroxylation is 2. The summed E-state index contributed by atoms with van der Waals surface area (Å²) in [4.78, 5) is 17.6. The molecule has 1 heterocycles. The molecule has 1 aromatic heterocycles. The maximum atomic E-state index is 12.5. The molecule has 3 rings (SSSR count). The third-order valence-electron chi connectivity index (χ3n) is 3.77. The second-order valence-electron chi connectivity index (χ2n) is 5.63. The maximum absolute atomic E-state index is 12.5. The van der Waals surface area contributed by atoms with Crippen LogP contribution in [-0.4, -0.2) is 10.9 Å². The highest BCUT2D eigenvalue weighted by Gasteiger charge is 2.16. The molecule has 0 atom stereocenters. The highest BCUT2D eigenvalue weighted by atomic mass is 32.1. The van der Waals surface area contributed by atoms with Crippen LogP contribution in [0.25, 0.3) is 0 Å². The van der Waals surface area contributed by atoms with Gasteiger partial charge in [0.25, 0.3) is 5.91 Å². The number of nitrogens with one attached hydrogen (secondary N) is 1. The van der Waals surface area contributed by atoms with Gasteiger partial charge < -0.3 is 10.1 Å². The topological polar surface area (TPSA) is 51.2 Å². The summed E-state index contributed by atoms with van der Waals surface area (Å²) in [6.45, 7) is 4.30. The molecule has 2 aromatic carbocycles. The highest BCUT2D eigenvalue weighted by molar-refractivity contribution is 7.13. The Bertz CT molecular complexity index is 842. The quantitative estimate of drug-likeness (QED) is 0.690. The minimum Gasteiger partial charge on any atom is -0.486 e. The minimum atomic E-state index is -0.134. The molecule has 0 radical (unpaired) electrons. The molecule has 0 aliphatic rings. The van der Waals surface area contributed by atoms with Crippen LogP contribution >= 0.6 is 11.3 Å². The molecule has 0 saturated carbocycles. The molecule has 25 heavy (non-hydrogen) atoms. The number of hydrogen-bond donors (Lipinski definition) is 1. The Morgan fingerprint density at radius 1 is 1.12 bits per heavy atom. The largest absolute Gasteiger partial charge is 0.486 e. The van der Waals surface area contributed by atoms with Gasteiger partial charge in [-0.1, -0.05) is 37.3 Å². The molecule has 4 nitrogen and oxygen atoms in total. The first kappa shape index (κ1) is 17.2. The molecule has 0 fully saturated rings. The van der Waals surface area contributed by atoms with Crippen molar-refractivity contribution in [3.8, 4) is 5.75 Å². The molecule has 0 saturated heterocycles. The number of nitrogens with zero attached hydrogens (tertiary/aromatic N) is 1. The summed E-state index contributed by atoms with van der Waals surface area (Å²) in [5.74, 6) is 0.655. The van der Waals surface area contributed by atoms with Crippen LogP contribution in [0, 0.1) is 6.92 Å². The fourth-order valence-corrected chi connectivity index (χ4v) is 3.27. The van der Waals surface area contributed by atoms with Crippen molar-refractivity contribution in [2.75, 3.05) is 5.32 Å². The first-order valence-electron chi connectivity index (χ1n) is 8.20. The van der Waals surface area contributed by atoms with Gasteiger partial charge in [-0.3, -0.25) is 4.79 Å². The van der Waals surface area contributed by atoms with Gasteiger partial charge in [0.2, 0.25) is 0 Å². The molecule has 0 spiro atoms. The number of aromatic nitrogens is 1. The summed E-state index contributed by atoms with van der Waals surface area (Å²) in [5.41, 5.74) is 2.75. The zero-order chi connectivity index (χ0) is 17.6. The molecule has 1 N–H and O–H groups in total. The van der Waals surface area contributed by atoms with E-state index >= 15 is 0 Å². The van der Waals surface area contributed by atoms with Gasteiger partial charge >= 0.3 is 0 Å². The SMILES string of the molecule is CCc1ccc(NC(=O)c2sc(COc3ccccc3)nc2C)cc1. The second-order valence-corrected chi connectivity index (χ2v) is 6.71. The fourth-order valence-electron chi connectivity index (χ4n) is 2.40. The van der Waals surface area contributed by atoms with E-state index in [2.05, 4.69) is 17.2 Å². The van der Waals surface area contributed by atoms with Crippen LogP contribution < -0.4 is 10.1 Å². The van der Waals surface area contributed by atoms with E-state index in [-0.39, 0.29) is 5.91 Å². The van der Waals surface area contributed by atoms with Crippen molar-refractivity contribution in [2.45, 2.75) is 26.9 Å². The molecule has 5 heteroatoms. The number of hydrogen-bond acceptors (Lipinski definition) is 4. The lowest BCUT2D eigenvalue weighted by Crippen LogP contribution is -2.11. The Hall–Kier alpha value is -2.66. The monoisotopic (exact) mass is 352 g/mol. The number of para-hydroxylation sites is 1. The van der Waals surface area contributed by atoms with Gasteiger partial charge in [0.05, 0.1) is 5.69 Å². The molecule has 0 aliphatic carbocycles. The molecule has 0 unspecified atom stereocenters. The van der Waals surface area contributed by atoms with Gasteiger partial charge in [-0.25, -0.2) is 4.98 Å². The van der Waals surface area contributed by atoms with Crippen molar-refractivity contribution in [3.05, 3.63) is 75.7 Å². The summed E-state index contributed by atoms with van der Waals surface area (Å²) in [7, 11) is 0. The smallest absolute Gasteiger partial charge is 0.267 e. The van der Waals surface area contributed by atoms with Gasteiger partial charge in [-0.15, -0.1) is 11.3 Å². The zero-order valence-corrected chi connectivity index (χ0v) is 15.1. The van der Waals surface area contributed by atoms with E-state index in [1.54, 1.807) is 0 Å². The summed E-state index contributed by atoms with van der Waals surface area (Å²) in [5, 5.41) is 3.71. The van der Waals surface area contributed by atoms with E-state index < -0.39 is 0 Å². The molecular weight excluding hydrogens is 332 g/mol. The van der Waals surface area contributed by atoms with Crippen molar-refractivity contribution < 1.29 is 9.53 Å². The van der Waals surface area contributed by atoms with Crippen molar-refractivity contribution in [1.82, 2.24) is 4.98 Å². The highest BCUT2D eigenvalue weighted by Crippen LogP contribution is 2.22. The van der Waals surface area contributed by atoms with Crippen LogP contribution in [0.15, 0.2) is 54.6 Å². The normalized spacial score (nSPS) is 10.5. The van der Waals surface area contributed by atoms with Gasteiger partial charge in [0.1, 0.15) is 22.2 Å². The Balaban J connectivity index is 1.65. The van der Waals surface area contributed by atoms with E-state index in [1.807, 2.05) is 61.5 Å². The van der Waals surface area contributed by atoms with Crippen LogP contribution in [0.5, 0.6) is 5.75 Å². The summed E-state index contributed by atoms with van der Waals surface area (Å²) in [6, 6.07) is 17.5. The van der Waals surface area contributed by atoms with E-state index in [0.717, 1.165) is 28.6 Å². The summed E-state index contributed by atoms with van der Waals surface area (Å²) in [6.07, 6.45) is 0.979. The number of carbonyl (C=O) groups is 1. The number of rotatable bonds is 6.